The number of aliphatic hydroxyl groups excluding tert-OH is 4. The van der Waals surface area contributed by atoms with Crippen LogP contribution in [-0.4, -0.2) is 85.9 Å². The Morgan fingerprint density at radius 2 is 2.09 bits per heavy atom. The van der Waals surface area contributed by atoms with Gasteiger partial charge in [0.1, 0.15) is 24.4 Å². The number of piperidine rings is 1. The van der Waals surface area contributed by atoms with Crippen molar-refractivity contribution in [2.24, 2.45) is 0 Å². The summed E-state index contributed by atoms with van der Waals surface area (Å²) in [6.45, 7) is -0.442. The van der Waals surface area contributed by atoms with Crippen LogP contribution in [0.1, 0.15) is 19.3 Å². The first-order valence-corrected chi connectivity index (χ1v) is 7.43. The molecule has 0 unspecified atom stereocenters. The summed E-state index contributed by atoms with van der Waals surface area (Å²) >= 11 is 0. The number of ether oxygens (including phenoxy) is 1. The third-order valence-corrected chi connectivity index (χ3v) is 4.12. The van der Waals surface area contributed by atoms with Gasteiger partial charge in [0, 0.05) is 13.0 Å². The molecule has 0 aromatic carbocycles. The van der Waals surface area contributed by atoms with Crippen LogP contribution in [0.4, 0.5) is 0 Å². The number of carboxylic acids is 1. The molecule has 0 bridgehead atoms. The SMILES string of the molecule is O=C(O)C1=C[C@H](O)[C@@H](N2CCCCC2=O)[C@H]([C@H](O)[C@H](O)CO)O1. The van der Waals surface area contributed by atoms with Gasteiger partial charge in [-0.15, -0.1) is 0 Å². The molecule has 0 spiro atoms. The Kier molecular flexibility index (Phi) is 5.58. The maximum Gasteiger partial charge on any atom is 0.370 e. The minimum Gasteiger partial charge on any atom is -0.478 e. The number of rotatable bonds is 5. The molecule has 5 N–H and O–H groups in total. The summed E-state index contributed by atoms with van der Waals surface area (Å²) in [5.41, 5.74) is 0. The molecule has 0 saturated carbocycles. The lowest BCUT2D eigenvalue weighted by atomic mass is 9.91. The average Bonchev–Trinajstić information content (AvgIpc) is 2.53. The van der Waals surface area contributed by atoms with Gasteiger partial charge in [-0.25, -0.2) is 4.79 Å². The van der Waals surface area contributed by atoms with E-state index in [0.29, 0.717) is 19.4 Å². The summed E-state index contributed by atoms with van der Waals surface area (Å²) < 4.78 is 5.20. The van der Waals surface area contributed by atoms with Gasteiger partial charge in [-0.1, -0.05) is 0 Å². The summed E-state index contributed by atoms with van der Waals surface area (Å²) in [6.07, 6.45) is -3.35. The van der Waals surface area contributed by atoms with Gasteiger partial charge < -0.3 is 35.2 Å². The Bertz CT molecular complexity index is 493. The number of nitrogens with zero attached hydrogens (tertiary/aromatic N) is 1. The third kappa shape index (κ3) is 3.63. The monoisotopic (exact) mass is 331 g/mol. The molecule has 9 heteroatoms. The molecular weight excluding hydrogens is 310 g/mol. The third-order valence-electron chi connectivity index (χ3n) is 4.12. The Morgan fingerprint density at radius 1 is 1.39 bits per heavy atom. The zero-order chi connectivity index (χ0) is 17.1. The Balaban J connectivity index is 2.33. The molecule has 1 amide bonds. The highest BCUT2D eigenvalue weighted by atomic mass is 16.5. The van der Waals surface area contributed by atoms with E-state index in [-0.39, 0.29) is 12.3 Å². The minimum atomic E-state index is -1.67. The lowest BCUT2D eigenvalue weighted by Crippen LogP contribution is -2.62. The summed E-state index contributed by atoms with van der Waals surface area (Å²) in [7, 11) is 0. The van der Waals surface area contributed by atoms with Crippen LogP contribution < -0.4 is 0 Å². The fourth-order valence-electron chi connectivity index (χ4n) is 2.93. The molecule has 0 aromatic rings. The van der Waals surface area contributed by atoms with Crippen LogP contribution in [0.15, 0.2) is 11.8 Å². The number of hydrogen-bond acceptors (Lipinski definition) is 7. The van der Waals surface area contributed by atoms with E-state index < -0.39 is 48.8 Å². The normalized spacial score (nSPS) is 31.1. The van der Waals surface area contributed by atoms with Gasteiger partial charge >= 0.3 is 5.97 Å². The second-order valence-corrected chi connectivity index (χ2v) is 5.68. The first-order chi connectivity index (χ1) is 10.9. The smallest absolute Gasteiger partial charge is 0.370 e. The van der Waals surface area contributed by atoms with Crippen molar-refractivity contribution in [3.63, 3.8) is 0 Å². The Hall–Kier alpha value is -1.68. The molecular formula is C14H21NO8. The number of amides is 1. The summed E-state index contributed by atoms with van der Waals surface area (Å²) in [4.78, 5) is 24.5. The van der Waals surface area contributed by atoms with E-state index in [1.54, 1.807) is 0 Å². The maximum atomic E-state index is 12.1. The van der Waals surface area contributed by atoms with Crippen molar-refractivity contribution in [1.82, 2.24) is 4.90 Å². The van der Waals surface area contributed by atoms with E-state index in [0.717, 1.165) is 6.08 Å². The van der Waals surface area contributed by atoms with Crippen LogP contribution in [0.3, 0.4) is 0 Å². The molecule has 1 saturated heterocycles. The lowest BCUT2D eigenvalue weighted by molar-refractivity contribution is -0.165. The minimum absolute atomic E-state index is 0.244. The van der Waals surface area contributed by atoms with Gasteiger partial charge in [-0.2, -0.15) is 0 Å². The fraction of sp³-hybridized carbons (Fsp3) is 0.714. The summed E-state index contributed by atoms with van der Waals surface area (Å²) in [5, 5.41) is 48.1. The number of aliphatic carboxylic acids is 1. The second kappa shape index (κ2) is 7.26. The predicted octanol–water partition coefficient (Wildman–Crippen LogP) is -2.19. The first-order valence-electron chi connectivity index (χ1n) is 7.43. The van der Waals surface area contributed by atoms with Gasteiger partial charge in [-0.3, -0.25) is 4.79 Å². The molecule has 5 atom stereocenters. The molecule has 130 valence electrons. The van der Waals surface area contributed by atoms with Crippen molar-refractivity contribution in [1.29, 1.82) is 0 Å². The number of carboxylic acid groups (broad SMARTS) is 1. The standard InChI is InChI=1S/C14H21NO8/c16-6-8(18)12(20)13-11(15-4-2-1-3-10(15)19)7(17)5-9(23-13)14(21)22/h5,7-8,11-13,16-18,20H,1-4,6H2,(H,21,22)/t7-,8+,11+,12+,13+/m0/s1. The number of carbonyl (C=O) groups is 2. The molecule has 0 aliphatic carbocycles. The van der Waals surface area contributed by atoms with E-state index in [4.69, 9.17) is 14.9 Å². The quantitative estimate of drug-likeness (QED) is 0.381. The molecule has 1 fully saturated rings. The number of carbonyl (C=O) groups excluding carboxylic acids is 1. The highest BCUT2D eigenvalue weighted by molar-refractivity contribution is 5.84. The molecule has 0 radical (unpaired) electrons. The van der Waals surface area contributed by atoms with Crippen molar-refractivity contribution >= 4 is 11.9 Å². The zero-order valence-electron chi connectivity index (χ0n) is 12.4. The van der Waals surface area contributed by atoms with Gasteiger partial charge in [0.25, 0.3) is 0 Å². The zero-order valence-corrected chi connectivity index (χ0v) is 12.4. The van der Waals surface area contributed by atoms with Crippen LogP contribution >= 0.6 is 0 Å². The van der Waals surface area contributed by atoms with Gasteiger partial charge in [-0.05, 0) is 18.9 Å². The molecule has 2 rings (SSSR count). The highest BCUT2D eigenvalue weighted by Gasteiger charge is 2.46. The van der Waals surface area contributed by atoms with Crippen molar-refractivity contribution in [2.75, 3.05) is 13.2 Å². The van der Waals surface area contributed by atoms with Crippen LogP contribution in [0.2, 0.25) is 0 Å². The van der Waals surface area contributed by atoms with Crippen LogP contribution in [0.25, 0.3) is 0 Å². The molecule has 23 heavy (non-hydrogen) atoms. The van der Waals surface area contributed by atoms with Crippen molar-refractivity contribution < 1.29 is 39.9 Å². The van der Waals surface area contributed by atoms with Gasteiger partial charge in [0.05, 0.1) is 6.61 Å². The van der Waals surface area contributed by atoms with Crippen molar-refractivity contribution in [2.45, 2.75) is 49.7 Å². The molecule has 2 aliphatic rings. The highest BCUT2D eigenvalue weighted by Crippen LogP contribution is 2.29. The molecule has 0 aromatic heterocycles. The van der Waals surface area contributed by atoms with Crippen LogP contribution in [-0.2, 0) is 14.3 Å². The summed E-state index contributed by atoms with van der Waals surface area (Å²) in [5.74, 6) is -2.26. The van der Waals surface area contributed by atoms with Crippen LogP contribution in [0, 0.1) is 0 Å². The van der Waals surface area contributed by atoms with E-state index in [1.807, 2.05) is 0 Å². The lowest BCUT2D eigenvalue weighted by Gasteiger charge is -2.44. The van der Waals surface area contributed by atoms with E-state index in [2.05, 4.69) is 0 Å². The number of likely N-dealkylation sites (tertiary alicyclic amines) is 1. The van der Waals surface area contributed by atoms with E-state index in [1.165, 1.54) is 4.90 Å². The second-order valence-electron chi connectivity index (χ2n) is 5.68. The van der Waals surface area contributed by atoms with Crippen molar-refractivity contribution in [3.05, 3.63) is 11.8 Å². The molecule has 2 aliphatic heterocycles. The van der Waals surface area contributed by atoms with E-state index in [9.17, 15) is 24.9 Å². The summed E-state index contributed by atoms with van der Waals surface area (Å²) in [6, 6.07) is -1.04. The van der Waals surface area contributed by atoms with Crippen molar-refractivity contribution in [3.8, 4) is 0 Å². The van der Waals surface area contributed by atoms with Gasteiger partial charge in [0.15, 0.2) is 6.10 Å². The van der Waals surface area contributed by atoms with E-state index >= 15 is 0 Å². The fourth-order valence-corrected chi connectivity index (χ4v) is 2.93. The molecule has 2 heterocycles. The average molecular weight is 331 g/mol. The van der Waals surface area contributed by atoms with Gasteiger partial charge in [0.2, 0.25) is 11.7 Å². The molecule has 9 nitrogen and oxygen atoms in total. The van der Waals surface area contributed by atoms with Crippen LogP contribution in [0.5, 0.6) is 0 Å². The Labute approximate surface area is 132 Å². The topological polar surface area (TPSA) is 148 Å². The number of aliphatic hydroxyl groups is 4. The first kappa shape index (κ1) is 17.7. The predicted molar refractivity (Wildman–Crippen MR) is 75.1 cm³/mol. The largest absolute Gasteiger partial charge is 0.478 e. The number of hydrogen-bond donors (Lipinski definition) is 5. The Morgan fingerprint density at radius 3 is 2.65 bits per heavy atom. The maximum absolute atomic E-state index is 12.1.